The third-order valence-corrected chi connectivity index (χ3v) is 2.08. The molecule has 0 bridgehead atoms. The van der Waals surface area contributed by atoms with Crippen LogP contribution in [0, 0.1) is 0 Å². The number of carbonyl (C=O) groups is 1. The second kappa shape index (κ2) is 3.01. The monoisotopic (exact) mass is 214 g/mol. The summed E-state index contributed by atoms with van der Waals surface area (Å²) in [5, 5.41) is -0.283. The minimum atomic E-state index is -0.534. The van der Waals surface area contributed by atoms with E-state index in [0.29, 0.717) is 16.6 Å². The highest BCUT2D eigenvalue weighted by Gasteiger charge is 2.10. The van der Waals surface area contributed by atoms with E-state index < -0.39 is 5.24 Å². The zero-order chi connectivity index (χ0) is 9.42. The van der Waals surface area contributed by atoms with Gasteiger partial charge in [0.05, 0.1) is 11.1 Å². The molecule has 0 amide bonds. The average molecular weight is 215 g/mol. The highest BCUT2D eigenvalue weighted by molar-refractivity contribution is 6.68. The van der Waals surface area contributed by atoms with Gasteiger partial charge in [-0.3, -0.25) is 4.79 Å². The molecule has 1 aromatic heterocycles. The molecule has 1 N–H and O–H groups in total. The lowest BCUT2D eigenvalue weighted by atomic mass is 10.2. The van der Waals surface area contributed by atoms with Gasteiger partial charge in [-0.15, -0.1) is 0 Å². The number of fused-ring (bicyclic) bond motifs is 1. The molecule has 0 fully saturated rings. The van der Waals surface area contributed by atoms with Crippen LogP contribution in [0.1, 0.15) is 10.4 Å². The van der Waals surface area contributed by atoms with Crippen LogP contribution in [0.3, 0.4) is 0 Å². The van der Waals surface area contributed by atoms with Gasteiger partial charge in [0.15, 0.2) is 0 Å². The maximum atomic E-state index is 10.9. The summed E-state index contributed by atoms with van der Waals surface area (Å²) in [6, 6.07) is 5.10. The number of para-hydroxylation sites is 1. The molecule has 0 aliphatic carbocycles. The number of hydrogen-bond donors (Lipinski definition) is 1. The van der Waals surface area contributed by atoms with Crippen LogP contribution in [0.2, 0.25) is 5.28 Å². The molecule has 0 unspecified atom stereocenters. The van der Waals surface area contributed by atoms with Crippen molar-refractivity contribution in [1.82, 2.24) is 9.97 Å². The van der Waals surface area contributed by atoms with Gasteiger partial charge in [0.1, 0.15) is 5.52 Å². The smallest absolute Gasteiger partial charge is 0.254 e. The number of H-pyrrole nitrogens is 1. The topological polar surface area (TPSA) is 45.8 Å². The highest BCUT2D eigenvalue weighted by Crippen LogP contribution is 2.19. The second-order valence-corrected chi connectivity index (χ2v) is 3.20. The molecule has 66 valence electrons. The van der Waals surface area contributed by atoms with Gasteiger partial charge in [0.2, 0.25) is 5.28 Å². The van der Waals surface area contributed by atoms with Crippen LogP contribution >= 0.6 is 23.2 Å². The van der Waals surface area contributed by atoms with Gasteiger partial charge in [-0.1, -0.05) is 6.07 Å². The number of nitrogens with one attached hydrogen (secondary N) is 1. The van der Waals surface area contributed by atoms with Crippen molar-refractivity contribution in [2.24, 2.45) is 0 Å². The Hall–Kier alpha value is -1.06. The van der Waals surface area contributed by atoms with Crippen molar-refractivity contribution < 1.29 is 4.79 Å². The lowest BCUT2D eigenvalue weighted by molar-refractivity contribution is 0.108. The van der Waals surface area contributed by atoms with Gasteiger partial charge in [-0.25, -0.2) is 4.98 Å². The molecule has 2 rings (SSSR count). The lowest BCUT2D eigenvalue weighted by Gasteiger charge is -1.92. The largest absolute Gasteiger partial charge is 0.329 e. The van der Waals surface area contributed by atoms with E-state index in [2.05, 4.69) is 9.97 Å². The standard InChI is InChI=1S/C8H4Cl2N2O/c9-7(13)4-2-1-3-5-6(4)12-8(10)11-5/h1-3H,(H,11,12). The van der Waals surface area contributed by atoms with Gasteiger partial charge < -0.3 is 4.98 Å². The van der Waals surface area contributed by atoms with Crippen LogP contribution in [0.25, 0.3) is 11.0 Å². The molecule has 0 aliphatic rings. The number of benzene rings is 1. The van der Waals surface area contributed by atoms with Crippen LogP contribution in [0.15, 0.2) is 18.2 Å². The van der Waals surface area contributed by atoms with Crippen molar-refractivity contribution in [3.8, 4) is 0 Å². The van der Waals surface area contributed by atoms with Gasteiger partial charge in [0.25, 0.3) is 5.24 Å². The first-order valence-corrected chi connectivity index (χ1v) is 4.28. The van der Waals surface area contributed by atoms with E-state index in [1.165, 1.54) is 0 Å². The number of imidazole rings is 1. The van der Waals surface area contributed by atoms with E-state index in [4.69, 9.17) is 23.2 Å². The fraction of sp³-hybridized carbons (Fsp3) is 0. The number of carbonyl (C=O) groups excluding carboxylic acids is 1. The summed E-state index contributed by atoms with van der Waals surface area (Å²) < 4.78 is 0. The molecule has 5 heteroatoms. The number of halogens is 2. The molecule has 3 nitrogen and oxygen atoms in total. The molecular formula is C8H4Cl2N2O. The number of aromatic amines is 1. The molecule has 0 spiro atoms. The molecule has 13 heavy (non-hydrogen) atoms. The van der Waals surface area contributed by atoms with E-state index in [9.17, 15) is 4.79 Å². The first-order chi connectivity index (χ1) is 6.18. The number of rotatable bonds is 1. The molecular weight excluding hydrogens is 211 g/mol. The predicted octanol–water partition coefficient (Wildman–Crippen LogP) is 2.60. The molecule has 0 atom stereocenters. The Morgan fingerprint density at radius 1 is 1.46 bits per heavy atom. The summed E-state index contributed by atoms with van der Waals surface area (Å²) in [6.07, 6.45) is 0. The van der Waals surface area contributed by atoms with Crippen molar-refractivity contribution in [2.45, 2.75) is 0 Å². The predicted molar refractivity (Wildman–Crippen MR) is 51.3 cm³/mol. The van der Waals surface area contributed by atoms with Crippen LogP contribution in [-0.2, 0) is 0 Å². The molecule has 0 aliphatic heterocycles. The second-order valence-electron chi connectivity index (χ2n) is 2.50. The Kier molecular flexibility index (Phi) is 1.98. The Morgan fingerprint density at radius 3 is 2.92 bits per heavy atom. The van der Waals surface area contributed by atoms with Crippen molar-refractivity contribution in [3.05, 3.63) is 29.0 Å². The minimum absolute atomic E-state index is 0.250. The van der Waals surface area contributed by atoms with Gasteiger partial charge in [-0.05, 0) is 35.3 Å². The minimum Gasteiger partial charge on any atom is -0.329 e. The molecule has 1 aromatic carbocycles. The van der Waals surface area contributed by atoms with E-state index in [-0.39, 0.29) is 5.28 Å². The fourth-order valence-electron chi connectivity index (χ4n) is 1.16. The summed E-state index contributed by atoms with van der Waals surface area (Å²) in [5.74, 6) is 0. The lowest BCUT2D eigenvalue weighted by Crippen LogP contribution is -1.89. The normalized spacial score (nSPS) is 10.6. The maximum absolute atomic E-state index is 10.9. The molecule has 1 heterocycles. The average Bonchev–Trinajstić information content (AvgIpc) is 2.43. The molecule has 0 saturated carbocycles. The Morgan fingerprint density at radius 2 is 2.23 bits per heavy atom. The quantitative estimate of drug-likeness (QED) is 0.743. The number of aromatic nitrogens is 2. The van der Waals surface area contributed by atoms with Gasteiger partial charge >= 0.3 is 0 Å². The van der Waals surface area contributed by atoms with Crippen molar-refractivity contribution in [3.63, 3.8) is 0 Å². The molecule has 2 aromatic rings. The van der Waals surface area contributed by atoms with Gasteiger partial charge in [-0.2, -0.15) is 0 Å². The van der Waals surface area contributed by atoms with Gasteiger partial charge in [0, 0.05) is 0 Å². The van der Waals surface area contributed by atoms with Crippen molar-refractivity contribution in [1.29, 1.82) is 0 Å². The summed E-state index contributed by atoms with van der Waals surface area (Å²) in [5.41, 5.74) is 1.58. The maximum Gasteiger partial charge on any atom is 0.254 e. The molecule has 0 saturated heterocycles. The summed E-state index contributed by atoms with van der Waals surface area (Å²) >= 11 is 11.0. The summed E-state index contributed by atoms with van der Waals surface area (Å²) in [4.78, 5) is 17.7. The first kappa shape index (κ1) is 8.53. The SMILES string of the molecule is O=C(Cl)c1cccc2[nH]c(Cl)nc12. The zero-order valence-corrected chi connectivity index (χ0v) is 7.86. The third-order valence-electron chi connectivity index (χ3n) is 1.70. The van der Waals surface area contributed by atoms with Crippen LogP contribution < -0.4 is 0 Å². The van der Waals surface area contributed by atoms with E-state index in [1.807, 2.05) is 0 Å². The third kappa shape index (κ3) is 1.41. The number of hydrogen-bond acceptors (Lipinski definition) is 2. The van der Waals surface area contributed by atoms with Crippen molar-refractivity contribution >= 4 is 39.5 Å². The van der Waals surface area contributed by atoms with Crippen molar-refractivity contribution in [2.75, 3.05) is 0 Å². The van der Waals surface area contributed by atoms with Crippen LogP contribution in [0.5, 0.6) is 0 Å². The van der Waals surface area contributed by atoms with Crippen LogP contribution in [-0.4, -0.2) is 15.2 Å². The highest BCUT2D eigenvalue weighted by atomic mass is 35.5. The zero-order valence-electron chi connectivity index (χ0n) is 6.34. The van der Waals surface area contributed by atoms with E-state index >= 15 is 0 Å². The fourth-order valence-corrected chi connectivity index (χ4v) is 1.50. The van der Waals surface area contributed by atoms with E-state index in [0.717, 1.165) is 0 Å². The first-order valence-electron chi connectivity index (χ1n) is 3.52. The number of nitrogens with zero attached hydrogens (tertiary/aromatic N) is 1. The Bertz CT molecular complexity index is 478. The molecule has 0 radical (unpaired) electrons. The Labute approximate surface area is 83.7 Å². The summed E-state index contributed by atoms with van der Waals surface area (Å²) in [6.45, 7) is 0. The Balaban J connectivity index is 2.82. The van der Waals surface area contributed by atoms with E-state index in [1.54, 1.807) is 18.2 Å². The van der Waals surface area contributed by atoms with Crippen LogP contribution in [0.4, 0.5) is 0 Å². The summed E-state index contributed by atoms with van der Waals surface area (Å²) in [7, 11) is 0.